The second kappa shape index (κ2) is 8.63. The highest BCUT2D eigenvalue weighted by molar-refractivity contribution is 5.96. The van der Waals surface area contributed by atoms with Gasteiger partial charge in [0.2, 0.25) is 0 Å². The van der Waals surface area contributed by atoms with Crippen molar-refractivity contribution in [3.63, 3.8) is 0 Å². The predicted octanol–water partition coefficient (Wildman–Crippen LogP) is 4.74. The van der Waals surface area contributed by atoms with Crippen molar-refractivity contribution in [2.75, 3.05) is 0 Å². The lowest BCUT2D eigenvalue weighted by atomic mass is 9.99. The molecule has 5 nitrogen and oxygen atoms in total. The Bertz CT molecular complexity index is 920. The highest BCUT2D eigenvalue weighted by Gasteiger charge is 2.21. The normalized spacial score (nSPS) is 9.77. The average molecular weight is 347 g/mol. The number of aromatic nitrogens is 2. The van der Waals surface area contributed by atoms with E-state index in [1.807, 2.05) is 36.4 Å². The number of hydrogen-bond donors (Lipinski definition) is 1. The molecular formula is C21H21N3O2. The highest BCUT2D eigenvalue weighted by Crippen LogP contribution is 2.30. The molecule has 0 radical (unpaired) electrons. The van der Waals surface area contributed by atoms with E-state index in [2.05, 4.69) is 24.9 Å². The van der Waals surface area contributed by atoms with Gasteiger partial charge < -0.3 is 9.67 Å². The summed E-state index contributed by atoms with van der Waals surface area (Å²) in [7, 11) is 1.62. The molecule has 0 aliphatic heterocycles. The number of carboxylic acid groups (broad SMARTS) is 1. The third-order valence-corrected chi connectivity index (χ3v) is 3.67. The molecule has 3 aromatic rings. The van der Waals surface area contributed by atoms with Crippen molar-refractivity contribution in [1.29, 1.82) is 5.26 Å². The standard InChI is InChI=1S/C18H13N3O2.C3H8/c1-21-11-15(9-19)16(17(21)18(22)23)13-6-4-12(5-7-13)14-3-2-8-20-10-14;1-3-2/h2-8,10-11H,1H3,(H,22,23);3H2,1-2H3. The number of nitrogens with zero attached hydrogens (tertiary/aromatic N) is 3. The molecule has 0 atom stereocenters. The summed E-state index contributed by atoms with van der Waals surface area (Å²) < 4.78 is 1.46. The van der Waals surface area contributed by atoms with Gasteiger partial charge in [0.1, 0.15) is 11.8 Å². The minimum atomic E-state index is -1.06. The van der Waals surface area contributed by atoms with Gasteiger partial charge in [-0.3, -0.25) is 4.98 Å². The molecule has 0 aliphatic carbocycles. The molecular weight excluding hydrogens is 326 g/mol. The van der Waals surface area contributed by atoms with Crippen LogP contribution >= 0.6 is 0 Å². The zero-order valence-corrected chi connectivity index (χ0v) is 15.1. The molecule has 0 fully saturated rings. The molecule has 2 heterocycles. The van der Waals surface area contributed by atoms with Crippen LogP contribution in [0, 0.1) is 11.3 Å². The van der Waals surface area contributed by atoms with Crippen LogP contribution in [0.2, 0.25) is 0 Å². The van der Waals surface area contributed by atoms with Crippen molar-refractivity contribution in [2.45, 2.75) is 20.3 Å². The molecule has 0 unspecified atom stereocenters. The van der Waals surface area contributed by atoms with Crippen LogP contribution in [0.3, 0.4) is 0 Å². The Kier molecular flexibility index (Phi) is 6.29. The molecule has 2 aromatic heterocycles. The number of nitriles is 1. The SMILES string of the molecule is CCC.Cn1cc(C#N)c(-c2ccc(-c3cccnc3)cc2)c1C(=O)O. The van der Waals surface area contributed by atoms with Gasteiger partial charge >= 0.3 is 5.97 Å². The lowest BCUT2D eigenvalue weighted by molar-refractivity contribution is 0.0687. The van der Waals surface area contributed by atoms with E-state index in [0.29, 0.717) is 16.7 Å². The number of aromatic carboxylic acids is 1. The monoisotopic (exact) mass is 347 g/mol. The highest BCUT2D eigenvalue weighted by atomic mass is 16.4. The fraction of sp³-hybridized carbons (Fsp3) is 0.190. The van der Waals surface area contributed by atoms with Crippen LogP contribution < -0.4 is 0 Å². The van der Waals surface area contributed by atoms with E-state index in [-0.39, 0.29) is 5.69 Å². The Morgan fingerprint density at radius 1 is 1.15 bits per heavy atom. The third-order valence-electron chi connectivity index (χ3n) is 3.67. The van der Waals surface area contributed by atoms with Crippen molar-refractivity contribution in [3.05, 3.63) is 66.2 Å². The average Bonchev–Trinajstić information content (AvgIpc) is 3.00. The molecule has 3 rings (SSSR count). The second-order valence-electron chi connectivity index (χ2n) is 5.82. The summed E-state index contributed by atoms with van der Waals surface area (Å²) in [6, 6.07) is 13.3. The van der Waals surface area contributed by atoms with E-state index >= 15 is 0 Å². The molecule has 1 N–H and O–H groups in total. The molecule has 0 spiro atoms. The van der Waals surface area contributed by atoms with Crippen LogP contribution in [0.25, 0.3) is 22.3 Å². The van der Waals surface area contributed by atoms with E-state index in [4.69, 9.17) is 0 Å². The number of benzene rings is 1. The summed E-state index contributed by atoms with van der Waals surface area (Å²) in [6.45, 7) is 4.25. The van der Waals surface area contributed by atoms with E-state index in [1.54, 1.807) is 19.4 Å². The van der Waals surface area contributed by atoms with Crippen LogP contribution in [-0.2, 0) is 7.05 Å². The van der Waals surface area contributed by atoms with Gasteiger partial charge in [-0.15, -0.1) is 0 Å². The van der Waals surface area contributed by atoms with Crippen molar-refractivity contribution in [3.8, 4) is 28.3 Å². The van der Waals surface area contributed by atoms with Crippen LogP contribution in [0.1, 0.15) is 36.3 Å². The van der Waals surface area contributed by atoms with E-state index in [1.165, 1.54) is 17.2 Å². The molecule has 0 bridgehead atoms. The van der Waals surface area contributed by atoms with Gasteiger partial charge in [-0.25, -0.2) is 4.79 Å². The maximum atomic E-state index is 11.5. The number of hydrogen-bond acceptors (Lipinski definition) is 3. The van der Waals surface area contributed by atoms with Crippen molar-refractivity contribution < 1.29 is 9.90 Å². The Morgan fingerprint density at radius 2 is 1.77 bits per heavy atom. The Balaban J connectivity index is 0.000000758. The first-order valence-corrected chi connectivity index (χ1v) is 8.37. The zero-order valence-electron chi connectivity index (χ0n) is 15.1. The fourth-order valence-electron chi connectivity index (χ4n) is 2.62. The van der Waals surface area contributed by atoms with Gasteiger partial charge in [-0.05, 0) is 22.8 Å². The van der Waals surface area contributed by atoms with Crippen LogP contribution in [0.4, 0.5) is 0 Å². The van der Waals surface area contributed by atoms with Gasteiger partial charge in [0, 0.05) is 31.2 Å². The summed E-state index contributed by atoms with van der Waals surface area (Å²) in [5.74, 6) is -1.06. The summed E-state index contributed by atoms with van der Waals surface area (Å²) in [6.07, 6.45) is 6.26. The number of rotatable bonds is 3. The Labute approximate surface area is 153 Å². The van der Waals surface area contributed by atoms with Crippen LogP contribution in [0.15, 0.2) is 55.0 Å². The zero-order chi connectivity index (χ0) is 19.1. The first-order valence-electron chi connectivity index (χ1n) is 8.37. The van der Waals surface area contributed by atoms with Gasteiger partial charge in [0.05, 0.1) is 5.56 Å². The Morgan fingerprint density at radius 3 is 2.27 bits per heavy atom. The first-order chi connectivity index (χ1) is 12.5. The fourth-order valence-corrected chi connectivity index (χ4v) is 2.62. The topological polar surface area (TPSA) is 78.9 Å². The molecule has 5 heteroatoms. The van der Waals surface area contributed by atoms with Crippen LogP contribution in [0.5, 0.6) is 0 Å². The van der Waals surface area contributed by atoms with E-state index in [0.717, 1.165) is 11.1 Å². The van der Waals surface area contributed by atoms with Gasteiger partial charge in [-0.2, -0.15) is 5.26 Å². The smallest absolute Gasteiger partial charge is 0.353 e. The lowest BCUT2D eigenvalue weighted by Gasteiger charge is -2.06. The minimum absolute atomic E-state index is 0.107. The minimum Gasteiger partial charge on any atom is -0.477 e. The summed E-state index contributed by atoms with van der Waals surface area (Å²) in [5, 5.41) is 18.7. The van der Waals surface area contributed by atoms with Gasteiger partial charge in [0.15, 0.2) is 0 Å². The Hall–Kier alpha value is -3.39. The lowest BCUT2D eigenvalue weighted by Crippen LogP contribution is -2.05. The molecule has 132 valence electrons. The quantitative estimate of drug-likeness (QED) is 0.742. The third kappa shape index (κ3) is 3.98. The molecule has 0 saturated heterocycles. The molecule has 1 aromatic carbocycles. The van der Waals surface area contributed by atoms with Crippen molar-refractivity contribution in [1.82, 2.24) is 9.55 Å². The van der Waals surface area contributed by atoms with Crippen molar-refractivity contribution >= 4 is 5.97 Å². The number of pyridine rings is 1. The van der Waals surface area contributed by atoms with Crippen molar-refractivity contribution in [2.24, 2.45) is 7.05 Å². The maximum absolute atomic E-state index is 11.5. The molecule has 0 aliphatic rings. The van der Waals surface area contributed by atoms with E-state index < -0.39 is 5.97 Å². The van der Waals surface area contributed by atoms with Gasteiger partial charge in [-0.1, -0.05) is 50.6 Å². The van der Waals surface area contributed by atoms with E-state index in [9.17, 15) is 15.2 Å². The van der Waals surface area contributed by atoms with Gasteiger partial charge in [0.25, 0.3) is 0 Å². The summed E-state index contributed by atoms with van der Waals surface area (Å²) >= 11 is 0. The van der Waals surface area contributed by atoms with Crippen LogP contribution in [-0.4, -0.2) is 20.6 Å². The largest absolute Gasteiger partial charge is 0.477 e. The summed E-state index contributed by atoms with van der Waals surface area (Å²) in [4.78, 5) is 15.6. The first kappa shape index (κ1) is 18.9. The molecule has 0 amide bonds. The number of carbonyl (C=O) groups is 1. The molecule has 26 heavy (non-hydrogen) atoms. The summed E-state index contributed by atoms with van der Waals surface area (Å²) in [5.41, 5.74) is 3.56. The maximum Gasteiger partial charge on any atom is 0.353 e. The number of carboxylic acids is 1. The number of aryl methyl sites for hydroxylation is 1. The second-order valence-corrected chi connectivity index (χ2v) is 5.82. The molecule has 0 saturated carbocycles. The predicted molar refractivity (Wildman–Crippen MR) is 102 cm³/mol.